The predicted octanol–water partition coefficient (Wildman–Crippen LogP) is 8.26. The second kappa shape index (κ2) is 10.1. The van der Waals surface area contributed by atoms with Crippen LogP contribution in [0, 0.1) is 0 Å². The van der Waals surface area contributed by atoms with Crippen LogP contribution in [0.25, 0.3) is 11.1 Å². The van der Waals surface area contributed by atoms with E-state index in [0.717, 1.165) is 29.0 Å². The average molecular weight is 475 g/mol. The molecule has 4 nitrogen and oxygen atoms in total. The quantitative estimate of drug-likeness (QED) is 0.413. The van der Waals surface area contributed by atoms with E-state index in [1.165, 1.54) is 37.7 Å². The van der Waals surface area contributed by atoms with E-state index in [0.29, 0.717) is 23.2 Å². The minimum atomic E-state index is -0.208. The van der Waals surface area contributed by atoms with Crippen molar-refractivity contribution in [2.75, 3.05) is 16.8 Å². The summed E-state index contributed by atoms with van der Waals surface area (Å²) in [7, 11) is 0. The first-order valence-corrected chi connectivity index (χ1v) is 12.7. The molecular weight excluding hydrogens is 444 g/mol. The molecule has 1 unspecified atom stereocenters. The molecule has 0 spiro atoms. The highest BCUT2D eigenvalue weighted by atomic mass is 35.5. The van der Waals surface area contributed by atoms with Crippen LogP contribution >= 0.6 is 11.6 Å². The summed E-state index contributed by atoms with van der Waals surface area (Å²) in [4.78, 5) is 14.9. The monoisotopic (exact) mass is 474 g/mol. The minimum Gasteiger partial charge on any atom is -0.486 e. The Kier molecular flexibility index (Phi) is 6.77. The third-order valence-corrected chi connectivity index (χ3v) is 7.40. The number of urea groups is 1. The summed E-state index contributed by atoms with van der Waals surface area (Å²) in [5, 5.41) is 3.47. The van der Waals surface area contributed by atoms with E-state index in [-0.39, 0.29) is 12.1 Å². The van der Waals surface area contributed by atoms with Gasteiger partial charge in [0.2, 0.25) is 0 Å². The van der Waals surface area contributed by atoms with Crippen molar-refractivity contribution in [3.63, 3.8) is 0 Å². The molecule has 3 aromatic rings. The van der Waals surface area contributed by atoms with Gasteiger partial charge in [-0.05, 0) is 66.1 Å². The molecule has 2 aliphatic rings. The molecule has 0 radical (unpaired) electrons. The van der Waals surface area contributed by atoms with Crippen LogP contribution in [0.15, 0.2) is 66.7 Å². The normalized spacial score (nSPS) is 18.2. The molecule has 2 amide bonds. The first-order chi connectivity index (χ1) is 16.6. The number of hydrogen-bond donors (Lipinski definition) is 1. The Balaban J connectivity index is 1.39. The van der Waals surface area contributed by atoms with Crippen molar-refractivity contribution in [3.05, 3.63) is 77.3 Å². The number of nitrogens with zero attached hydrogens (tertiary/aromatic N) is 1. The summed E-state index contributed by atoms with van der Waals surface area (Å²) in [5.41, 5.74) is 5.08. The summed E-state index contributed by atoms with van der Waals surface area (Å²) in [6.07, 6.45) is 7.41. The van der Waals surface area contributed by atoms with Gasteiger partial charge in [-0.25, -0.2) is 4.79 Å². The minimum absolute atomic E-state index is 0.0616. The van der Waals surface area contributed by atoms with Gasteiger partial charge in [0.15, 0.2) is 0 Å². The largest absolute Gasteiger partial charge is 0.486 e. The third-order valence-electron chi connectivity index (χ3n) is 7.07. The number of nitrogens with one attached hydrogen (secondary N) is 1. The standard InChI is InChI=1S/C29H31ClN2O2/c1-2-24-19-32(29(33)31-26-11-7-6-10-25(26)30)27-17-16-23(18-28(27)34-24)22-14-12-21(13-15-22)20-8-4-3-5-9-20/h6-7,10-18,20,24H,2-5,8-9,19H2,1H3,(H,31,33). The summed E-state index contributed by atoms with van der Waals surface area (Å²) in [6, 6.07) is 22.2. The molecule has 5 heteroatoms. The molecule has 1 heterocycles. The van der Waals surface area contributed by atoms with Crippen molar-refractivity contribution in [2.24, 2.45) is 0 Å². The van der Waals surface area contributed by atoms with Crippen LogP contribution in [0.2, 0.25) is 5.02 Å². The zero-order valence-corrected chi connectivity index (χ0v) is 20.4. The number of anilines is 2. The second-order valence-electron chi connectivity index (χ2n) is 9.31. The number of hydrogen-bond acceptors (Lipinski definition) is 2. The number of fused-ring (bicyclic) bond motifs is 1. The lowest BCUT2D eigenvalue weighted by molar-refractivity contribution is 0.188. The van der Waals surface area contributed by atoms with Crippen molar-refractivity contribution in [1.29, 1.82) is 0 Å². The number of rotatable bonds is 4. The summed E-state index contributed by atoms with van der Waals surface area (Å²) in [6.45, 7) is 2.57. The predicted molar refractivity (Wildman–Crippen MR) is 140 cm³/mol. The van der Waals surface area contributed by atoms with Crippen LogP contribution < -0.4 is 15.0 Å². The van der Waals surface area contributed by atoms with E-state index in [1.54, 1.807) is 17.0 Å². The molecule has 1 N–H and O–H groups in total. The first-order valence-electron chi connectivity index (χ1n) is 12.4. The fourth-order valence-corrected chi connectivity index (χ4v) is 5.25. The maximum Gasteiger partial charge on any atom is 0.326 e. The number of carbonyl (C=O) groups excluding carboxylic acids is 1. The fraction of sp³-hybridized carbons (Fsp3) is 0.345. The maximum absolute atomic E-state index is 13.2. The Bertz CT molecular complexity index is 1160. The van der Waals surface area contributed by atoms with E-state index in [2.05, 4.69) is 48.6 Å². The van der Waals surface area contributed by atoms with Gasteiger partial charge in [-0.1, -0.05) is 80.3 Å². The van der Waals surface area contributed by atoms with Crippen LogP contribution in [0.1, 0.15) is 56.9 Å². The van der Waals surface area contributed by atoms with Crippen molar-refractivity contribution < 1.29 is 9.53 Å². The molecule has 0 bridgehead atoms. The Morgan fingerprint density at radius 1 is 1.00 bits per heavy atom. The number of para-hydroxylation sites is 1. The van der Waals surface area contributed by atoms with Gasteiger partial charge in [0, 0.05) is 0 Å². The molecule has 0 saturated heterocycles. The molecule has 1 aliphatic carbocycles. The molecule has 3 aromatic carbocycles. The summed E-state index contributed by atoms with van der Waals surface area (Å²) >= 11 is 6.25. The number of carbonyl (C=O) groups is 1. The van der Waals surface area contributed by atoms with Crippen LogP contribution in [-0.4, -0.2) is 18.7 Å². The van der Waals surface area contributed by atoms with E-state index in [9.17, 15) is 4.79 Å². The number of ether oxygens (including phenoxy) is 1. The Morgan fingerprint density at radius 2 is 1.74 bits per heavy atom. The molecule has 34 heavy (non-hydrogen) atoms. The maximum atomic E-state index is 13.2. The van der Waals surface area contributed by atoms with Crippen LogP contribution in [0.5, 0.6) is 5.75 Å². The highest BCUT2D eigenvalue weighted by Crippen LogP contribution is 2.39. The smallest absolute Gasteiger partial charge is 0.326 e. The molecule has 1 aliphatic heterocycles. The Hall–Kier alpha value is -2.98. The van der Waals surface area contributed by atoms with Crippen molar-refractivity contribution in [1.82, 2.24) is 0 Å². The van der Waals surface area contributed by atoms with Gasteiger partial charge >= 0.3 is 6.03 Å². The zero-order chi connectivity index (χ0) is 23.5. The van der Waals surface area contributed by atoms with Gasteiger partial charge in [-0.3, -0.25) is 4.90 Å². The lowest BCUT2D eigenvalue weighted by Gasteiger charge is -2.35. The lowest BCUT2D eigenvalue weighted by atomic mass is 9.84. The molecule has 1 atom stereocenters. The number of amides is 2. The van der Waals surface area contributed by atoms with E-state index >= 15 is 0 Å². The van der Waals surface area contributed by atoms with Crippen molar-refractivity contribution >= 4 is 29.0 Å². The number of benzene rings is 3. The van der Waals surface area contributed by atoms with Gasteiger partial charge in [0.05, 0.1) is 22.9 Å². The molecule has 0 aromatic heterocycles. The van der Waals surface area contributed by atoms with Gasteiger partial charge in [-0.15, -0.1) is 0 Å². The molecular formula is C29H31ClN2O2. The third kappa shape index (κ3) is 4.78. The first kappa shape index (κ1) is 22.8. The fourth-order valence-electron chi connectivity index (χ4n) is 5.06. The molecule has 1 fully saturated rings. The van der Waals surface area contributed by atoms with E-state index in [1.807, 2.05) is 18.2 Å². The Labute approximate surface area is 206 Å². The molecule has 176 valence electrons. The lowest BCUT2D eigenvalue weighted by Crippen LogP contribution is -2.45. The van der Waals surface area contributed by atoms with Crippen LogP contribution in [-0.2, 0) is 0 Å². The SMILES string of the molecule is CCC1CN(C(=O)Nc2ccccc2Cl)c2ccc(-c3ccc(C4CCCCC4)cc3)cc2O1. The van der Waals surface area contributed by atoms with Gasteiger partial charge < -0.3 is 10.1 Å². The average Bonchev–Trinajstić information content (AvgIpc) is 2.89. The highest BCUT2D eigenvalue weighted by Gasteiger charge is 2.29. The highest BCUT2D eigenvalue weighted by molar-refractivity contribution is 6.33. The summed E-state index contributed by atoms with van der Waals surface area (Å²) < 4.78 is 6.27. The second-order valence-corrected chi connectivity index (χ2v) is 9.72. The van der Waals surface area contributed by atoms with Crippen LogP contribution in [0.3, 0.4) is 0 Å². The molecule has 1 saturated carbocycles. The molecule has 5 rings (SSSR count). The van der Waals surface area contributed by atoms with Gasteiger partial charge in [0.25, 0.3) is 0 Å². The van der Waals surface area contributed by atoms with Crippen molar-refractivity contribution in [3.8, 4) is 16.9 Å². The van der Waals surface area contributed by atoms with Crippen LogP contribution in [0.4, 0.5) is 16.2 Å². The van der Waals surface area contributed by atoms with E-state index in [4.69, 9.17) is 16.3 Å². The number of halogens is 1. The zero-order valence-electron chi connectivity index (χ0n) is 19.6. The summed E-state index contributed by atoms with van der Waals surface area (Å²) in [5.74, 6) is 1.44. The van der Waals surface area contributed by atoms with Crippen molar-refractivity contribution in [2.45, 2.75) is 57.5 Å². The topological polar surface area (TPSA) is 41.6 Å². The Morgan fingerprint density at radius 3 is 2.47 bits per heavy atom. The van der Waals surface area contributed by atoms with Gasteiger partial charge in [0.1, 0.15) is 11.9 Å². The van der Waals surface area contributed by atoms with Gasteiger partial charge in [-0.2, -0.15) is 0 Å². The van der Waals surface area contributed by atoms with E-state index < -0.39 is 0 Å².